The van der Waals surface area contributed by atoms with Gasteiger partial charge in [0.05, 0.1) is 6.04 Å². The van der Waals surface area contributed by atoms with Crippen LogP contribution in [0, 0.1) is 0 Å². The van der Waals surface area contributed by atoms with Crippen LogP contribution in [0.1, 0.15) is 25.0 Å². The number of aromatic hydroxyl groups is 1. The topological polar surface area (TPSA) is 177 Å². The lowest BCUT2D eigenvalue weighted by Crippen LogP contribution is -2.56. The van der Waals surface area contributed by atoms with Crippen molar-refractivity contribution in [1.82, 2.24) is 16.0 Å². The Hall–Kier alpha value is -3.48. The maximum Gasteiger partial charge on any atom is 0.268 e. The van der Waals surface area contributed by atoms with Gasteiger partial charge in [-0.15, -0.1) is 0 Å². The van der Waals surface area contributed by atoms with Crippen LogP contribution in [0.3, 0.4) is 0 Å². The molecule has 3 atom stereocenters. The largest absolute Gasteiger partial charge is 0.508 e. The van der Waals surface area contributed by atoms with Gasteiger partial charge in [0, 0.05) is 10.5 Å². The second kappa shape index (κ2) is 12.9. The minimum absolute atomic E-state index is 0.0975. The molecule has 4 amide bonds. The first-order valence-electron chi connectivity index (χ1n) is 11.8. The van der Waals surface area contributed by atoms with Gasteiger partial charge in [0.25, 0.3) is 5.91 Å². The van der Waals surface area contributed by atoms with Crippen LogP contribution in [0.4, 0.5) is 0 Å². The molecule has 1 aliphatic heterocycles. The van der Waals surface area contributed by atoms with E-state index in [0.29, 0.717) is 5.56 Å². The van der Waals surface area contributed by atoms with Crippen LogP contribution in [-0.2, 0) is 25.6 Å². The summed E-state index contributed by atoms with van der Waals surface area (Å²) in [6.07, 6.45) is 1.67. The lowest BCUT2D eigenvalue weighted by molar-refractivity contribution is -0.129. The Labute approximate surface area is 228 Å². The lowest BCUT2D eigenvalue weighted by Gasteiger charge is -2.31. The summed E-state index contributed by atoms with van der Waals surface area (Å²) in [6.45, 7) is 3.52. The number of carbonyl (C=O) groups excluding carboxylic acids is 4. The highest BCUT2D eigenvalue weighted by Crippen LogP contribution is 2.38. The summed E-state index contributed by atoms with van der Waals surface area (Å²) in [5.74, 6) is -2.34. The molecule has 1 saturated heterocycles. The van der Waals surface area contributed by atoms with E-state index in [2.05, 4.69) is 16.0 Å². The van der Waals surface area contributed by atoms with Crippen molar-refractivity contribution < 1.29 is 24.3 Å². The number of amides is 4. The smallest absolute Gasteiger partial charge is 0.268 e. The molecule has 10 nitrogen and oxygen atoms in total. The highest BCUT2D eigenvalue weighted by molar-refractivity contribution is 8.77. The summed E-state index contributed by atoms with van der Waals surface area (Å²) in [7, 11) is 2.53. The van der Waals surface area contributed by atoms with E-state index in [1.807, 2.05) is 6.07 Å². The predicted molar refractivity (Wildman–Crippen MR) is 150 cm³/mol. The van der Waals surface area contributed by atoms with Gasteiger partial charge in [-0.25, -0.2) is 0 Å². The van der Waals surface area contributed by atoms with Crippen molar-refractivity contribution in [3.8, 4) is 5.75 Å². The van der Waals surface area contributed by atoms with Crippen LogP contribution in [0.15, 0.2) is 60.3 Å². The molecule has 2 aromatic carbocycles. The van der Waals surface area contributed by atoms with Crippen molar-refractivity contribution in [2.24, 2.45) is 11.5 Å². The Bertz CT molecular complexity index is 1200. The van der Waals surface area contributed by atoms with E-state index < -0.39 is 46.5 Å². The van der Waals surface area contributed by atoms with Gasteiger partial charge >= 0.3 is 0 Å². The second-order valence-corrected chi connectivity index (χ2v) is 12.3. The number of nitrogens with one attached hydrogen (secondary N) is 3. The molecule has 1 fully saturated rings. The third kappa shape index (κ3) is 8.01. The average molecular weight is 558 g/mol. The van der Waals surface area contributed by atoms with Crippen LogP contribution in [0.2, 0.25) is 0 Å². The van der Waals surface area contributed by atoms with E-state index in [4.69, 9.17) is 11.5 Å². The highest BCUT2D eigenvalue weighted by atomic mass is 33.1. The molecule has 0 saturated carbocycles. The highest BCUT2D eigenvalue weighted by Gasteiger charge is 2.38. The van der Waals surface area contributed by atoms with E-state index in [1.165, 1.54) is 39.8 Å². The number of phenolic OH excluding ortho intramolecular Hbond substituents is 1. The van der Waals surface area contributed by atoms with Gasteiger partial charge in [-0.2, -0.15) is 0 Å². The van der Waals surface area contributed by atoms with Crippen LogP contribution in [0.5, 0.6) is 5.75 Å². The van der Waals surface area contributed by atoms with Gasteiger partial charge in [-0.3, -0.25) is 19.2 Å². The van der Waals surface area contributed by atoms with E-state index in [9.17, 15) is 24.3 Å². The molecule has 3 rings (SSSR count). The first-order chi connectivity index (χ1) is 18.0. The molecule has 0 bridgehead atoms. The monoisotopic (exact) mass is 557 g/mol. The predicted octanol–water partition coefficient (Wildman–Crippen LogP) is 1.05. The standard InChI is InChI=1S/C26H31N5O5S2/c1-26(2)21(22(28)33)31-24(35)19(13-15-6-4-3-5-7-15)29-25(36)20(14-37-38-26)30-23(34)18(27)12-16-8-10-17(32)11-9-16/h3-11,13,18,20-21,32H,12,14,27H2,1-2H3,(H2,28,33)(H,29,36)(H,30,34)(H,31,35)/b19-13+/t18-,20+,21-/m0/s1. The number of primary amides is 1. The number of phenols is 1. The van der Waals surface area contributed by atoms with Crippen LogP contribution >= 0.6 is 21.6 Å². The maximum absolute atomic E-state index is 13.3. The molecule has 0 unspecified atom stereocenters. The van der Waals surface area contributed by atoms with E-state index in [-0.39, 0.29) is 23.6 Å². The van der Waals surface area contributed by atoms with Gasteiger partial charge in [0.2, 0.25) is 17.7 Å². The molecule has 2 aromatic rings. The molecule has 8 N–H and O–H groups in total. The first-order valence-corrected chi connectivity index (χ1v) is 14.1. The van der Waals surface area contributed by atoms with Crippen molar-refractivity contribution in [3.63, 3.8) is 0 Å². The molecule has 0 spiro atoms. The summed E-state index contributed by atoms with van der Waals surface area (Å²) in [5, 5.41) is 17.4. The zero-order valence-corrected chi connectivity index (χ0v) is 22.6. The molecule has 12 heteroatoms. The third-order valence-electron chi connectivity index (χ3n) is 5.74. The summed E-state index contributed by atoms with van der Waals surface area (Å²) in [6, 6.07) is 12.2. The molecule has 1 aliphatic rings. The summed E-state index contributed by atoms with van der Waals surface area (Å²) >= 11 is 0. The van der Waals surface area contributed by atoms with E-state index in [1.54, 1.807) is 50.2 Å². The van der Waals surface area contributed by atoms with Gasteiger partial charge in [-0.1, -0.05) is 64.1 Å². The molecule has 202 valence electrons. The van der Waals surface area contributed by atoms with Crippen molar-refractivity contribution in [2.75, 3.05) is 5.75 Å². The third-order valence-corrected chi connectivity index (χ3v) is 9.04. The summed E-state index contributed by atoms with van der Waals surface area (Å²) < 4.78 is -0.832. The minimum Gasteiger partial charge on any atom is -0.508 e. The lowest BCUT2D eigenvalue weighted by atomic mass is 10.0. The SMILES string of the molecule is CC1(C)SSC[C@@H](NC(=O)[C@@H](N)Cc2ccc(O)cc2)C(=O)N/C(=C/c2ccccc2)C(=O)N[C@H]1C(N)=O. The number of benzene rings is 2. The normalized spacial score (nSPS) is 21.9. The fourth-order valence-corrected chi connectivity index (χ4v) is 6.46. The van der Waals surface area contributed by atoms with E-state index in [0.717, 1.165) is 5.56 Å². The van der Waals surface area contributed by atoms with Gasteiger partial charge in [0.1, 0.15) is 23.5 Å². The Morgan fingerprint density at radius 2 is 1.82 bits per heavy atom. The number of carbonyl (C=O) groups is 4. The fourth-order valence-electron chi connectivity index (χ4n) is 3.63. The fraction of sp³-hybridized carbons (Fsp3) is 0.308. The summed E-state index contributed by atoms with van der Waals surface area (Å²) in [4.78, 5) is 51.7. The van der Waals surface area contributed by atoms with E-state index >= 15 is 0 Å². The van der Waals surface area contributed by atoms with Crippen molar-refractivity contribution >= 4 is 51.3 Å². The Morgan fingerprint density at radius 1 is 1.16 bits per heavy atom. The summed E-state index contributed by atoms with van der Waals surface area (Å²) in [5.41, 5.74) is 13.0. The second-order valence-electron chi connectivity index (χ2n) is 9.28. The molecule has 1 heterocycles. The zero-order chi connectivity index (χ0) is 27.9. The average Bonchev–Trinajstić information content (AvgIpc) is 2.88. The van der Waals surface area contributed by atoms with Crippen LogP contribution < -0.4 is 27.4 Å². The van der Waals surface area contributed by atoms with Gasteiger partial charge in [-0.05, 0) is 49.6 Å². The van der Waals surface area contributed by atoms with Crippen LogP contribution in [0.25, 0.3) is 6.08 Å². The molecule has 0 aliphatic carbocycles. The van der Waals surface area contributed by atoms with Crippen molar-refractivity contribution in [3.05, 3.63) is 71.4 Å². The zero-order valence-electron chi connectivity index (χ0n) is 21.0. The molecular weight excluding hydrogens is 526 g/mol. The number of nitrogens with two attached hydrogens (primary N) is 2. The molecular formula is C26H31N5O5S2. The number of rotatable bonds is 6. The Kier molecular flexibility index (Phi) is 9.84. The van der Waals surface area contributed by atoms with Crippen LogP contribution in [-0.4, -0.2) is 57.4 Å². The maximum atomic E-state index is 13.3. The molecule has 0 aromatic heterocycles. The first kappa shape index (κ1) is 29.1. The van der Waals surface area contributed by atoms with Crippen molar-refractivity contribution in [1.29, 1.82) is 0 Å². The molecule has 38 heavy (non-hydrogen) atoms. The van der Waals surface area contributed by atoms with Gasteiger partial charge < -0.3 is 32.5 Å². The number of hydrogen-bond acceptors (Lipinski definition) is 8. The number of hydrogen-bond donors (Lipinski definition) is 6. The minimum atomic E-state index is -1.03. The molecule has 0 radical (unpaired) electrons. The van der Waals surface area contributed by atoms with Crippen molar-refractivity contribution in [2.45, 2.75) is 43.1 Å². The van der Waals surface area contributed by atoms with Gasteiger partial charge in [0.15, 0.2) is 0 Å². The Balaban J connectivity index is 1.86. The Morgan fingerprint density at radius 3 is 2.45 bits per heavy atom. The quantitative estimate of drug-likeness (QED) is 0.225.